The van der Waals surface area contributed by atoms with Crippen LogP contribution in [0, 0.1) is 5.92 Å². The van der Waals surface area contributed by atoms with Gasteiger partial charge in [0.15, 0.2) is 11.9 Å². The number of oxazole rings is 1. The molecule has 0 aromatic carbocycles. The van der Waals surface area contributed by atoms with Gasteiger partial charge < -0.3 is 14.1 Å². The molecule has 0 saturated carbocycles. The fourth-order valence-corrected chi connectivity index (χ4v) is 4.21. The summed E-state index contributed by atoms with van der Waals surface area (Å²) in [7, 11) is 0. The third-order valence-electron chi connectivity index (χ3n) is 5.32. The minimum absolute atomic E-state index is 0.177. The number of pyridine rings is 1. The van der Waals surface area contributed by atoms with Crippen LogP contribution in [-0.4, -0.2) is 53.0 Å². The molecule has 4 aliphatic heterocycles. The van der Waals surface area contributed by atoms with Crippen molar-refractivity contribution in [1.29, 1.82) is 0 Å². The molecule has 2 bridgehead atoms. The van der Waals surface area contributed by atoms with E-state index in [0.717, 1.165) is 13.1 Å². The van der Waals surface area contributed by atoms with Crippen molar-refractivity contribution in [3.05, 3.63) is 18.3 Å². The topological polar surface area (TPSA) is 80.7 Å². The van der Waals surface area contributed by atoms with Crippen LogP contribution in [0.4, 0.5) is 6.01 Å². The van der Waals surface area contributed by atoms with Crippen molar-refractivity contribution in [3.63, 3.8) is 0 Å². The van der Waals surface area contributed by atoms with Gasteiger partial charge in [-0.05, 0) is 44.0 Å². The summed E-state index contributed by atoms with van der Waals surface area (Å²) in [6, 6.07) is 4.22. The van der Waals surface area contributed by atoms with Crippen LogP contribution in [0.2, 0.25) is 0 Å². The summed E-state index contributed by atoms with van der Waals surface area (Å²) < 4.78 is 12.0. The predicted molar refractivity (Wildman–Crippen MR) is 80.1 cm³/mol. The number of anilines is 1. The number of hydrogen-bond acceptors (Lipinski definition) is 7. The lowest BCUT2D eigenvalue weighted by Crippen LogP contribution is -2.61. The van der Waals surface area contributed by atoms with E-state index in [1.807, 2.05) is 17.0 Å². The van der Waals surface area contributed by atoms with E-state index in [-0.39, 0.29) is 5.60 Å². The van der Waals surface area contributed by atoms with E-state index in [9.17, 15) is 0 Å². The first-order valence-electron chi connectivity index (χ1n) is 7.87. The van der Waals surface area contributed by atoms with Gasteiger partial charge in [-0.25, -0.2) is 4.98 Å². The molecule has 4 fully saturated rings. The smallest absolute Gasteiger partial charge is 0.303 e. The highest BCUT2D eigenvalue weighted by Gasteiger charge is 2.55. The van der Waals surface area contributed by atoms with Gasteiger partial charge >= 0.3 is 6.01 Å². The zero-order chi connectivity index (χ0) is 14.7. The first-order chi connectivity index (χ1) is 10.7. The average molecular weight is 301 g/mol. The van der Waals surface area contributed by atoms with Crippen molar-refractivity contribution in [3.8, 4) is 0 Å². The molecular weight excluding hydrogens is 282 g/mol. The Morgan fingerprint density at radius 3 is 2.86 bits per heavy atom. The van der Waals surface area contributed by atoms with E-state index in [4.69, 9.17) is 14.9 Å². The Kier molecular flexibility index (Phi) is 2.56. The van der Waals surface area contributed by atoms with E-state index in [1.54, 1.807) is 6.20 Å². The highest BCUT2D eigenvalue weighted by Crippen LogP contribution is 2.43. The lowest BCUT2D eigenvalue weighted by Gasteiger charge is -2.50. The molecule has 22 heavy (non-hydrogen) atoms. The summed E-state index contributed by atoms with van der Waals surface area (Å²) in [5, 5.41) is 0. The van der Waals surface area contributed by atoms with Gasteiger partial charge in [0, 0.05) is 12.7 Å². The van der Waals surface area contributed by atoms with Crippen molar-refractivity contribution >= 4 is 17.2 Å². The molecular formula is C15H19N5O2. The Labute approximate surface area is 128 Å². The molecule has 2 N–H and O–H groups in total. The molecule has 0 radical (unpaired) electrons. The van der Waals surface area contributed by atoms with Gasteiger partial charge in [-0.2, -0.15) is 4.98 Å². The molecule has 7 heteroatoms. The highest BCUT2D eigenvalue weighted by atomic mass is 16.6. The van der Waals surface area contributed by atoms with Crippen LogP contribution in [0.5, 0.6) is 0 Å². The minimum atomic E-state index is -0.506. The molecule has 4 saturated heterocycles. The lowest BCUT2D eigenvalue weighted by molar-refractivity contribution is -0.137. The number of rotatable bonds is 1. The van der Waals surface area contributed by atoms with Gasteiger partial charge in [-0.3, -0.25) is 10.6 Å². The summed E-state index contributed by atoms with van der Waals surface area (Å²) in [6.45, 7) is 4.05. The van der Waals surface area contributed by atoms with Crippen molar-refractivity contribution in [1.82, 2.24) is 14.9 Å². The number of hydrogen-bond donors (Lipinski definition) is 1. The van der Waals surface area contributed by atoms with Gasteiger partial charge in [-0.1, -0.05) is 0 Å². The maximum atomic E-state index is 6.23. The summed E-state index contributed by atoms with van der Waals surface area (Å²) in [6.07, 6.45) is 3.59. The van der Waals surface area contributed by atoms with Crippen LogP contribution in [0.1, 0.15) is 12.8 Å². The Morgan fingerprint density at radius 1 is 1.27 bits per heavy atom. The summed E-state index contributed by atoms with van der Waals surface area (Å²) in [4.78, 5) is 13.1. The van der Waals surface area contributed by atoms with Crippen molar-refractivity contribution < 1.29 is 9.15 Å². The van der Waals surface area contributed by atoms with Gasteiger partial charge in [0.05, 0.1) is 6.54 Å². The largest absolute Gasteiger partial charge is 0.422 e. The normalized spacial score (nSPS) is 37.5. The number of fused-ring (bicyclic) bond motifs is 3. The van der Waals surface area contributed by atoms with E-state index in [0.29, 0.717) is 23.2 Å². The number of nitrogens with two attached hydrogens (primary N) is 1. The number of ether oxygens (including phenoxy) is 1. The van der Waals surface area contributed by atoms with E-state index in [1.165, 1.54) is 25.9 Å². The van der Waals surface area contributed by atoms with Crippen LogP contribution in [0.15, 0.2) is 22.7 Å². The van der Waals surface area contributed by atoms with Crippen LogP contribution >= 0.6 is 0 Å². The molecule has 1 spiro atoms. The van der Waals surface area contributed by atoms with Crippen molar-refractivity contribution in [2.24, 2.45) is 11.7 Å². The highest BCUT2D eigenvalue weighted by molar-refractivity contribution is 5.69. The summed E-state index contributed by atoms with van der Waals surface area (Å²) in [5.41, 5.74) is 7.35. The van der Waals surface area contributed by atoms with Gasteiger partial charge in [0.2, 0.25) is 5.65 Å². The summed E-state index contributed by atoms with van der Waals surface area (Å²) >= 11 is 0. The van der Waals surface area contributed by atoms with Crippen LogP contribution in [0.25, 0.3) is 11.2 Å². The minimum Gasteiger partial charge on any atom is -0.422 e. The Hall–Kier alpha value is -1.70. The van der Waals surface area contributed by atoms with E-state index in [2.05, 4.69) is 14.9 Å². The molecule has 6 heterocycles. The first-order valence-corrected chi connectivity index (χ1v) is 7.87. The molecule has 2 atom stereocenters. The average Bonchev–Trinajstić information content (AvgIpc) is 3.09. The molecule has 0 aliphatic carbocycles. The van der Waals surface area contributed by atoms with Gasteiger partial charge in [0.1, 0.15) is 5.60 Å². The molecule has 2 aromatic heterocycles. The second-order valence-corrected chi connectivity index (χ2v) is 6.57. The van der Waals surface area contributed by atoms with Crippen LogP contribution in [0.3, 0.4) is 0 Å². The summed E-state index contributed by atoms with van der Waals surface area (Å²) in [5.74, 6) is 0.580. The SMILES string of the molecule is NC1OC2(CN3CCC2CC3)CN1c1nc2ncccc2o1. The third-order valence-corrected chi connectivity index (χ3v) is 5.32. The van der Waals surface area contributed by atoms with Crippen molar-refractivity contribution in [2.45, 2.75) is 24.8 Å². The standard InChI is InChI=1S/C15H19N5O2/c16-13-20(14-18-12-11(21-14)2-1-5-17-12)9-15(22-13)8-19-6-3-10(15)4-7-19/h1-2,5,10,13H,3-4,6-9,16H2. The zero-order valence-electron chi connectivity index (χ0n) is 12.3. The first kappa shape index (κ1) is 12.8. The second kappa shape index (κ2) is 4.41. The maximum absolute atomic E-state index is 6.23. The maximum Gasteiger partial charge on any atom is 0.303 e. The molecule has 116 valence electrons. The number of nitrogens with zero attached hydrogens (tertiary/aromatic N) is 4. The molecule has 6 rings (SSSR count). The zero-order valence-corrected chi connectivity index (χ0v) is 12.3. The molecule has 7 nitrogen and oxygen atoms in total. The second-order valence-electron chi connectivity index (χ2n) is 6.57. The Balaban J connectivity index is 1.48. The fraction of sp³-hybridized carbons (Fsp3) is 0.600. The van der Waals surface area contributed by atoms with Crippen molar-refractivity contribution in [2.75, 3.05) is 31.1 Å². The molecule has 4 aliphatic rings. The fourth-order valence-electron chi connectivity index (χ4n) is 4.21. The Morgan fingerprint density at radius 2 is 2.14 bits per heavy atom. The molecule has 2 unspecified atom stereocenters. The third kappa shape index (κ3) is 1.73. The molecule has 2 aromatic rings. The molecule has 0 amide bonds. The van der Waals surface area contributed by atoms with Crippen LogP contribution in [-0.2, 0) is 4.74 Å². The predicted octanol–water partition coefficient (Wildman–Crippen LogP) is 0.766. The van der Waals surface area contributed by atoms with Crippen LogP contribution < -0.4 is 10.6 Å². The number of piperidine rings is 3. The lowest BCUT2D eigenvalue weighted by atomic mass is 9.75. The van der Waals surface area contributed by atoms with E-state index < -0.39 is 6.35 Å². The Bertz CT molecular complexity index is 678. The number of aromatic nitrogens is 2. The monoisotopic (exact) mass is 301 g/mol. The van der Waals surface area contributed by atoms with E-state index >= 15 is 0 Å². The van der Waals surface area contributed by atoms with Gasteiger partial charge in [0.25, 0.3) is 0 Å². The van der Waals surface area contributed by atoms with Gasteiger partial charge in [-0.15, -0.1) is 0 Å². The quantitative estimate of drug-likeness (QED) is 0.833.